The summed E-state index contributed by atoms with van der Waals surface area (Å²) in [5.41, 5.74) is 0.993. The molecule has 1 aromatic carbocycles. The molecule has 2 aromatic heterocycles. The van der Waals surface area contributed by atoms with Gasteiger partial charge in [-0.15, -0.1) is 0 Å². The van der Waals surface area contributed by atoms with Gasteiger partial charge in [-0.2, -0.15) is 8.42 Å². The Labute approximate surface area is 220 Å². The number of cyclic esters (lactones) is 1. The van der Waals surface area contributed by atoms with E-state index in [1.165, 1.54) is 29.4 Å². The number of anilines is 1. The van der Waals surface area contributed by atoms with E-state index in [9.17, 15) is 33.3 Å². The highest BCUT2D eigenvalue weighted by Crippen LogP contribution is 2.37. The summed E-state index contributed by atoms with van der Waals surface area (Å²) < 4.78 is 43.1. The number of fused-ring (bicyclic) bond motifs is 2. The Morgan fingerprint density at radius 3 is 2.74 bits per heavy atom. The Morgan fingerprint density at radius 2 is 1.97 bits per heavy atom. The number of aliphatic hydroxyl groups excluding tert-OH is 2. The van der Waals surface area contributed by atoms with Gasteiger partial charge in [0.15, 0.2) is 17.7 Å². The molecule has 208 valence electrons. The van der Waals surface area contributed by atoms with Gasteiger partial charge in [0, 0.05) is 25.5 Å². The van der Waals surface area contributed by atoms with E-state index in [4.69, 9.17) is 13.7 Å². The van der Waals surface area contributed by atoms with E-state index in [1.807, 2.05) is 0 Å². The summed E-state index contributed by atoms with van der Waals surface area (Å²) in [6.45, 7) is -0.740. The van der Waals surface area contributed by atoms with Crippen LogP contribution in [-0.4, -0.2) is 87.1 Å². The van der Waals surface area contributed by atoms with Crippen molar-refractivity contribution in [3.63, 3.8) is 0 Å². The lowest BCUT2D eigenvalue weighted by Gasteiger charge is -2.21. The molecule has 1 amide bonds. The molecular formula is C22H24N6O10S. The smallest absolute Gasteiger partial charge is 0.362 e. The molecule has 4 heterocycles. The number of rotatable bonds is 9. The second kappa shape index (κ2) is 10.1. The number of imidazole rings is 1. The largest absolute Gasteiger partial charge is 0.425 e. The number of aliphatic hydroxyl groups is 3. The number of aromatic nitrogens is 4. The van der Waals surface area contributed by atoms with Crippen molar-refractivity contribution < 1.29 is 47.0 Å². The number of nitrogens with zero attached hydrogens (tertiary/aromatic N) is 4. The van der Waals surface area contributed by atoms with Crippen molar-refractivity contribution in [3.05, 3.63) is 48.0 Å². The van der Waals surface area contributed by atoms with Crippen molar-refractivity contribution >= 4 is 39.2 Å². The molecule has 5 rings (SSSR count). The third-order valence-corrected chi connectivity index (χ3v) is 7.28. The number of ether oxygens (including phenoxy) is 2. The van der Waals surface area contributed by atoms with Crippen LogP contribution in [0.2, 0.25) is 0 Å². The van der Waals surface area contributed by atoms with Gasteiger partial charge in [0.1, 0.15) is 30.2 Å². The molecule has 0 saturated carbocycles. The van der Waals surface area contributed by atoms with Gasteiger partial charge in [-0.25, -0.2) is 24.5 Å². The number of amides is 1. The molecule has 1 saturated heterocycles. The molecular weight excluding hydrogens is 540 g/mol. The van der Waals surface area contributed by atoms with Crippen LogP contribution in [0.5, 0.6) is 0 Å². The molecule has 3 aromatic rings. The molecule has 1 fully saturated rings. The minimum absolute atomic E-state index is 0.144. The zero-order valence-electron chi connectivity index (χ0n) is 20.3. The molecule has 39 heavy (non-hydrogen) atoms. The maximum Gasteiger partial charge on any atom is 0.362 e. The molecule has 5 atom stereocenters. The fourth-order valence-electron chi connectivity index (χ4n) is 4.43. The van der Waals surface area contributed by atoms with Crippen LogP contribution >= 0.6 is 0 Å². The first-order valence-electron chi connectivity index (χ1n) is 11.6. The summed E-state index contributed by atoms with van der Waals surface area (Å²) in [6, 6.07) is 6.08. The average molecular weight is 565 g/mol. The third kappa shape index (κ3) is 5.02. The monoisotopic (exact) mass is 564 g/mol. The SMILES string of the molecule is CNc1ncnc2c1ncn2[C@@H]1O[C@H](COS(=O)(=O)NC(=O)CCC2(O)OC(=O)c3ccccc32)[C@@H](O)[C@H]1O. The highest BCUT2D eigenvalue weighted by Gasteiger charge is 2.46. The normalized spacial score (nSPS) is 26.4. The van der Waals surface area contributed by atoms with Crippen molar-refractivity contribution in [3.8, 4) is 0 Å². The van der Waals surface area contributed by atoms with Gasteiger partial charge in [0.05, 0.1) is 18.5 Å². The van der Waals surface area contributed by atoms with Gasteiger partial charge in [0.2, 0.25) is 11.7 Å². The van der Waals surface area contributed by atoms with E-state index in [2.05, 4.69) is 20.3 Å². The Kier molecular flexibility index (Phi) is 6.95. The maximum atomic E-state index is 12.3. The minimum atomic E-state index is -4.67. The second-order valence-corrected chi connectivity index (χ2v) is 10.2. The lowest BCUT2D eigenvalue weighted by atomic mass is 9.98. The molecule has 0 aliphatic carbocycles. The lowest BCUT2D eigenvalue weighted by Crippen LogP contribution is -2.38. The first-order chi connectivity index (χ1) is 18.5. The molecule has 16 nitrogen and oxygen atoms in total. The van der Waals surface area contributed by atoms with Crippen LogP contribution in [0.25, 0.3) is 11.2 Å². The molecule has 2 aliphatic heterocycles. The zero-order chi connectivity index (χ0) is 27.9. The number of carbonyl (C=O) groups excluding carboxylic acids is 2. The van der Waals surface area contributed by atoms with Gasteiger partial charge in [0.25, 0.3) is 0 Å². The first-order valence-corrected chi connectivity index (χ1v) is 13.1. The van der Waals surface area contributed by atoms with Crippen LogP contribution in [0.15, 0.2) is 36.9 Å². The van der Waals surface area contributed by atoms with Crippen LogP contribution in [0.4, 0.5) is 5.82 Å². The molecule has 0 spiro atoms. The van der Waals surface area contributed by atoms with Crippen LogP contribution in [0.1, 0.15) is 35.0 Å². The number of carbonyl (C=O) groups is 2. The average Bonchev–Trinajstić information content (AvgIpc) is 3.54. The number of esters is 1. The Bertz CT molecular complexity index is 1530. The van der Waals surface area contributed by atoms with Crippen molar-refractivity contribution in [1.29, 1.82) is 0 Å². The summed E-state index contributed by atoms with van der Waals surface area (Å²) in [5.74, 6) is -3.46. The van der Waals surface area contributed by atoms with Crippen molar-refractivity contribution in [2.75, 3.05) is 19.0 Å². The highest BCUT2D eigenvalue weighted by atomic mass is 32.2. The van der Waals surface area contributed by atoms with Gasteiger partial charge < -0.3 is 30.1 Å². The maximum absolute atomic E-state index is 12.3. The van der Waals surface area contributed by atoms with Gasteiger partial charge in [-0.1, -0.05) is 18.2 Å². The molecule has 17 heteroatoms. The standard InChI is InChI=1S/C22H24N6O10S/c1-23-18-15-19(25-9-24-18)28(10-26-15)20-17(31)16(30)13(37-20)8-36-39(34,35)27-14(29)6-7-22(33)12-5-3-2-4-11(12)21(32)38-22/h2-5,9-10,13,16-17,20,30-31,33H,6-8H2,1H3,(H,27,29)(H,23,24,25)/t13-,16-,17-,20-,22?/m1/s1. The zero-order valence-corrected chi connectivity index (χ0v) is 21.1. The first kappa shape index (κ1) is 26.9. The van der Waals surface area contributed by atoms with Gasteiger partial charge in [-0.05, 0) is 6.07 Å². The van der Waals surface area contributed by atoms with Gasteiger partial charge in [-0.3, -0.25) is 13.5 Å². The second-order valence-electron chi connectivity index (χ2n) is 8.83. The number of hydrogen-bond acceptors (Lipinski definition) is 14. The van der Waals surface area contributed by atoms with Crippen LogP contribution in [0, 0.1) is 0 Å². The van der Waals surface area contributed by atoms with Crippen molar-refractivity contribution in [1.82, 2.24) is 24.2 Å². The van der Waals surface area contributed by atoms with Crippen LogP contribution in [0.3, 0.4) is 0 Å². The summed E-state index contributed by atoms with van der Waals surface area (Å²) in [4.78, 5) is 36.6. The molecule has 2 aliphatic rings. The summed E-state index contributed by atoms with van der Waals surface area (Å²) >= 11 is 0. The van der Waals surface area contributed by atoms with E-state index in [1.54, 1.807) is 23.9 Å². The molecule has 1 unspecified atom stereocenters. The molecule has 0 radical (unpaired) electrons. The van der Waals surface area contributed by atoms with Crippen molar-refractivity contribution in [2.45, 2.75) is 43.2 Å². The minimum Gasteiger partial charge on any atom is -0.425 e. The lowest BCUT2D eigenvalue weighted by molar-refractivity contribution is -0.170. The van der Waals surface area contributed by atoms with Crippen molar-refractivity contribution in [2.24, 2.45) is 0 Å². The molecule has 5 N–H and O–H groups in total. The fraction of sp³-hybridized carbons (Fsp3) is 0.409. The topological polar surface area (TPSA) is 224 Å². The Balaban J connectivity index is 1.18. The summed E-state index contributed by atoms with van der Waals surface area (Å²) in [6.07, 6.45) is -3.85. The predicted octanol–water partition coefficient (Wildman–Crippen LogP) is -1.34. The summed E-state index contributed by atoms with van der Waals surface area (Å²) in [5, 5.41) is 34.5. The van der Waals surface area contributed by atoms with Crippen LogP contribution in [-0.2, 0) is 34.5 Å². The number of hydrogen-bond donors (Lipinski definition) is 5. The van der Waals surface area contributed by atoms with Crippen LogP contribution < -0.4 is 10.0 Å². The van der Waals surface area contributed by atoms with E-state index in [0.29, 0.717) is 17.0 Å². The number of nitrogens with one attached hydrogen (secondary N) is 2. The van der Waals surface area contributed by atoms with E-state index in [-0.39, 0.29) is 11.1 Å². The molecule has 0 bridgehead atoms. The van der Waals surface area contributed by atoms with E-state index >= 15 is 0 Å². The van der Waals surface area contributed by atoms with E-state index in [0.717, 1.165) is 0 Å². The summed E-state index contributed by atoms with van der Waals surface area (Å²) in [7, 11) is -3.03. The predicted molar refractivity (Wildman–Crippen MR) is 129 cm³/mol. The third-order valence-electron chi connectivity index (χ3n) is 6.35. The Morgan fingerprint density at radius 1 is 1.21 bits per heavy atom. The quantitative estimate of drug-likeness (QED) is 0.190. The Hall–Kier alpha value is -3.74. The van der Waals surface area contributed by atoms with Gasteiger partial charge >= 0.3 is 16.3 Å². The van der Waals surface area contributed by atoms with E-state index < -0.39 is 72.0 Å². The number of benzene rings is 1. The fourth-order valence-corrected chi connectivity index (χ4v) is 5.18. The highest BCUT2D eigenvalue weighted by molar-refractivity contribution is 7.85.